The number of benzene rings is 2. The highest BCUT2D eigenvalue weighted by atomic mass is 32.2. The number of aromatic nitrogens is 2. The number of aliphatic imine (C=N–C) groups is 2. The molecule has 3 aromatic rings. The molecule has 0 fully saturated rings. The van der Waals surface area contributed by atoms with E-state index in [0.717, 1.165) is 10.8 Å². The smallest absolute Gasteiger partial charge is 0.287 e. The summed E-state index contributed by atoms with van der Waals surface area (Å²) in [6.45, 7) is 3.04. The fourth-order valence-electron chi connectivity index (χ4n) is 3.45. The van der Waals surface area contributed by atoms with Gasteiger partial charge >= 0.3 is 0 Å². The van der Waals surface area contributed by atoms with Crippen molar-refractivity contribution in [2.75, 3.05) is 31.7 Å². The lowest BCUT2D eigenvalue weighted by Gasteiger charge is -2.19. The maximum Gasteiger partial charge on any atom is 0.287 e. The van der Waals surface area contributed by atoms with E-state index in [1.165, 1.54) is 21.3 Å². The summed E-state index contributed by atoms with van der Waals surface area (Å²) >= 11 is 0. The summed E-state index contributed by atoms with van der Waals surface area (Å²) in [6, 6.07) is 13.4. The predicted molar refractivity (Wildman–Crippen MR) is 144 cm³/mol. The van der Waals surface area contributed by atoms with Crippen LogP contribution in [0.4, 0.5) is 10.1 Å². The van der Waals surface area contributed by atoms with E-state index in [-0.39, 0.29) is 35.3 Å². The number of nitrogens with one attached hydrogen (secondary N) is 1. The van der Waals surface area contributed by atoms with Crippen LogP contribution < -0.4 is 19.8 Å². The van der Waals surface area contributed by atoms with Crippen LogP contribution in [0.3, 0.4) is 0 Å². The number of methoxy groups -OCH3 is 2. The first-order valence-corrected chi connectivity index (χ1v) is 12.7. The summed E-state index contributed by atoms with van der Waals surface area (Å²) in [5.74, 6) is -1.71. The Morgan fingerprint density at radius 3 is 2.34 bits per heavy atom. The first-order chi connectivity index (χ1) is 18.1. The molecule has 200 valence electrons. The van der Waals surface area contributed by atoms with E-state index >= 15 is 0 Å². The topological polar surface area (TPSA) is 144 Å². The summed E-state index contributed by atoms with van der Waals surface area (Å²) in [7, 11) is -0.0631. The number of ether oxygens (including phenoxy) is 2. The minimum absolute atomic E-state index is 0.0139. The molecule has 0 aliphatic carbocycles. The van der Waals surface area contributed by atoms with Gasteiger partial charge in [-0.05, 0) is 12.1 Å². The molecule has 1 aromatic heterocycles. The van der Waals surface area contributed by atoms with Crippen molar-refractivity contribution < 1.29 is 27.4 Å². The number of allylic oxidation sites excluding steroid dienone is 1. The zero-order valence-corrected chi connectivity index (χ0v) is 21.7. The molecule has 0 saturated heterocycles. The van der Waals surface area contributed by atoms with Crippen molar-refractivity contribution >= 4 is 27.8 Å². The summed E-state index contributed by atoms with van der Waals surface area (Å²) < 4.78 is 52.7. The number of amidine groups is 1. The third-order valence-corrected chi connectivity index (χ3v) is 6.44. The van der Waals surface area contributed by atoms with Gasteiger partial charge in [0.05, 0.1) is 26.2 Å². The van der Waals surface area contributed by atoms with Crippen molar-refractivity contribution in [3.63, 3.8) is 0 Å². The zero-order valence-electron chi connectivity index (χ0n) is 20.9. The summed E-state index contributed by atoms with van der Waals surface area (Å²) in [4.78, 5) is 25.5. The molecule has 13 heteroatoms. The fourth-order valence-corrected chi connectivity index (χ4v) is 4.49. The normalized spacial score (nSPS) is 11.9. The lowest BCUT2D eigenvalue weighted by molar-refractivity contribution is 0.390. The van der Waals surface area contributed by atoms with E-state index in [4.69, 9.17) is 9.47 Å². The number of nitrogens with zero attached hydrogens (tertiary/aromatic N) is 4. The molecule has 11 nitrogen and oxygen atoms in total. The Kier molecular flexibility index (Phi) is 8.97. The molecular formula is C25H26FN5O6S. The Morgan fingerprint density at radius 1 is 1.16 bits per heavy atom. The number of rotatable bonds is 10. The molecule has 0 radical (unpaired) electrons. The number of aromatic hydroxyl groups is 1. The van der Waals surface area contributed by atoms with Gasteiger partial charge in [0.1, 0.15) is 28.8 Å². The SMILES string of the molecule is C=C(F)/C=N\C(CCS(=O)(=O)Nc1c(O)nc(-c2ccccc2)n(-c2c(OC)cccc2OC)c1=O)=N/C. The van der Waals surface area contributed by atoms with Crippen LogP contribution >= 0.6 is 0 Å². The van der Waals surface area contributed by atoms with Gasteiger partial charge in [0.25, 0.3) is 5.56 Å². The van der Waals surface area contributed by atoms with Crippen LogP contribution in [0.15, 0.2) is 75.7 Å². The lowest BCUT2D eigenvalue weighted by atomic mass is 10.2. The Labute approximate surface area is 218 Å². The molecule has 2 aromatic carbocycles. The maximum atomic E-state index is 13.8. The average Bonchev–Trinajstić information content (AvgIpc) is 2.91. The largest absolute Gasteiger partial charge is 0.494 e. The summed E-state index contributed by atoms with van der Waals surface area (Å²) in [5.41, 5.74) is -1.01. The van der Waals surface area contributed by atoms with Crippen molar-refractivity contribution in [2.45, 2.75) is 6.42 Å². The molecule has 38 heavy (non-hydrogen) atoms. The van der Waals surface area contributed by atoms with Crippen LogP contribution in [0.25, 0.3) is 17.1 Å². The van der Waals surface area contributed by atoms with E-state index in [1.807, 2.05) is 0 Å². The van der Waals surface area contributed by atoms with Gasteiger partial charge < -0.3 is 14.6 Å². The molecular weight excluding hydrogens is 517 g/mol. The van der Waals surface area contributed by atoms with Gasteiger partial charge in [-0.1, -0.05) is 43.0 Å². The third kappa shape index (κ3) is 6.42. The lowest BCUT2D eigenvalue weighted by Crippen LogP contribution is -2.29. The number of halogens is 1. The van der Waals surface area contributed by atoms with E-state index < -0.39 is 38.7 Å². The minimum atomic E-state index is -4.23. The van der Waals surface area contributed by atoms with E-state index in [1.54, 1.807) is 48.5 Å². The first-order valence-electron chi connectivity index (χ1n) is 11.1. The van der Waals surface area contributed by atoms with Gasteiger partial charge in [-0.15, -0.1) is 0 Å². The molecule has 0 saturated carbocycles. The second kappa shape index (κ2) is 12.1. The minimum Gasteiger partial charge on any atom is -0.494 e. The van der Waals surface area contributed by atoms with Crippen LogP contribution in [0.5, 0.6) is 17.4 Å². The van der Waals surface area contributed by atoms with E-state index in [2.05, 4.69) is 26.3 Å². The van der Waals surface area contributed by atoms with Crippen molar-refractivity contribution in [3.8, 4) is 34.5 Å². The van der Waals surface area contributed by atoms with E-state index in [0.29, 0.717) is 5.56 Å². The number of anilines is 1. The summed E-state index contributed by atoms with van der Waals surface area (Å²) in [5, 5.41) is 10.7. The molecule has 1 heterocycles. The van der Waals surface area contributed by atoms with Crippen LogP contribution in [-0.2, 0) is 10.0 Å². The molecule has 0 unspecified atom stereocenters. The molecule has 3 rings (SSSR count). The Bertz CT molecular complexity index is 1530. The molecule has 0 aliphatic rings. The Hall–Kier alpha value is -4.52. The second-order valence-electron chi connectivity index (χ2n) is 7.67. The monoisotopic (exact) mass is 543 g/mol. The van der Waals surface area contributed by atoms with Gasteiger partial charge in [0.15, 0.2) is 11.5 Å². The third-order valence-electron chi connectivity index (χ3n) is 5.19. The van der Waals surface area contributed by atoms with Gasteiger partial charge in [0.2, 0.25) is 15.9 Å². The number of sulfonamides is 1. The van der Waals surface area contributed by atoms with Gasteiger partial charge in [-0.25, -0.2) is 17.8 Å². The number of hydrogen-bond donors (Lipinski definition) is 2. The molecule has 0 amide bonds. The van der Waals surface area contributed by atoms with Gasteiger partial charge in [0, 0.05) is 19.0 Å². The van der Waals surface area contributed by atoms with Crippen molar-refractivity contribution in [2.24, 2.45) is 9.98 Å². The molecule has 0 bridgehead atoms. The first kappa shape index (κ1) is 28.1. The van der Waals surface area contributed by atoms with Crippen molar-refractivity contribution in [3.05, 3.63) is 71.3 Å². The average molecular weight is 544 g/mol. The Balaban J connectivity index is 2.16. The summed E-state index contributed by atoms with van der Waals surface area (Å²) in [6.07, 6.45) is 0.597. The Morgan fingerprint density at radius 2 is 1.79 bits per heavy atom. The van der Waals surface area contributed by atoms with Crippen molar-refractivity contribution in [1.29, 1.82) is 0 Å². The van der Waals surface area contributed by atoms with Crippen LogP contribution in [0.2, 0.25) is 0 Å². The molecule has 0 spiro atoms. The number of hydrogen-bond acceptors (Lipinski definition) is 8. The van der Waals surface area contributed by atoms with Crippen molar-refractivity contribution in [1.82, 2.24) is 9.55 Å². The van der Waals surface area contributed by atoms with E-state index in [9.17, 15) is 22.7 Å². The molecule has 0 aliphatic heterocycles. The number of para-hydroxylation sites is 1. The highest BCUT2D eigenvalue weighted by Gasteiger charge is 2.26. The molecule has 0 atom stereocenters. The van der Waals surface area contributed by atoms with Gasteiger partial charge in [-0.3, -0.25) is 19.1 Å². The quantitative estimate of drug-likeness (QED) is 0.295. The highest BCUT2D eigenvalue weighted by Crippen LogP contribution is 2.35. The predicted octanol–water partition coefficient (Wildman–Crippen LogP) is 3.34. The van der Waals surface area contributed by atoms with Crippen LogP contribution in [-0.4, -0.2) is 62.1 Å². The van der Waals surface area contributed by atoms with Crippen LogP contribution in [0.1, 0.15) is 6.42 Å². The molecule has 2 N–H and O–H groups in total. The standard InChI is InChI=1S/C25H26FN5O6S/c1-16(26)15-28-20(27-2)13-14-38(34,35)30-21-24(32)29-23(17-9-6-5-7-10-17)31(25(21)33)22-18(36-3)11-8-12-19(22)37-4/h5-12,15,30,32H,1,13-14H2,2-4H3/b27-20-,28-15-. The van der Waals surface area contributed by atoms with Crippen LogP contribution in [0, 0.1) is 0 Å². The fraction of sp³-hybridized carbons (Fsp3) is 0.200. The highest BCUT2D eigenvalue weighted by molar-refractivity contribution is 7.92. The van der Waals surface area contributed by atoms with Gasteiger partial charge in [-0.2, -0.15) is 4.98 Å². The zero-order chi connectivity index (χ0) is 27.9. The second-order valence-corrected chi connectivity index (χ2v) is 9.51. The maximum absolute atomic E-state index is 13.8.